The summed E-state index contributed by atoms with van der Waals surface area (Å²) in [6.45, 7) is 0.152. The van der Waals surface area contributed by atoms with Crippen molar-refractivity contribution in [2.75, 3.05) is 18.1 Å². The third-order valence-corrected chi connectivity index (χ3v) is 4.68. The van der Waals surface area contributed by atoms with E-state index in [4.69, 9.17) is 22.3 Å². The van der Waals surface area contributed by atoms with E-state index in [0.717, 1.165) is 0 Å². The van der Waals surface area contributed by atoms with Crippen LogP contribution in [0.15, 0.2) is 4.99 Å². The van der Waals surface area contributed by atoms with E-state index in [1.165, 1.54) is 0 Å². The number of carbonyl (C=O) groups excluding carboxylic acids is 3. The molecule has 0 aromatic heterocycles. The van der Waals surface area contributed by atoms with E-state index in [9.17, 15) is 29.1 Å². The van der Waals surface area contributed by atoms with E-state index in [1.807, 2.05) is 0 Å². The monoisotopic (exact) mass is 495 g/mol. The zero-order valence-electron chi connectivity index (χ0n) is 17.1. The van der Waals surface area contributed by atoms with Crippen LogP contribution in [0.2, 0.25) is 0 Å². The second-order valence-corrected chi connectivity index (χ2v) is 7.27. The van der Waals surface area contributed by atoms with Gasteiger partial charge >= 0.3 is 11.9 Å². The highest BCUT2D eigenvalue weighted by Crippen LogP contribution is 2.02. The van der Waals surface area contributed by atoms with E-state index in [2.05, 4.69) is 46.2 Å². The van der Waals surface area contributed by atoms with Gasteiger partial charge in [0.2, 0.25) is 17.7 Å². The van der Waals surface area contributed by atoms with Gasteiger partial charge in [0.05, 0.1) is 12.5 Å². The predicted octanol–water partition coefficient (Wildman–Crippen LogP) is -3.76. The maximum Gasteiger partial charge on any atom is 0.326 e. The van der Waals surface area contributed by atoms with Crippen molar-refractivity contribution < 1.29 is 34.2 Å². The molecule has 0 aliphatic carbocycles. The summed E-state index contributed by atoms with van der Waals surface area (Å²) in [5.74, 6) is -5.79. The smallest absolute Gasteiger partial charge is 0.326 e. The Bertz CT molecular complexity index is 719. The molecule has 0 fully saturated rings. The number of amides is 3. The van der Waals surface area contributed by atoms with Crippen molar-refractivity contribution in [1.29, 1.82) is 0 Å². The Kier molecular flexibility index (Phi) is 13.9. The normalized spacial score (nSPS) is 14.2. The number of nitrogens with one attached hydrogen (secondary N) is 3. The molecule has 14 nitrogen and oxygen atoms in total. The fourth-order valence-corrected chi connectivity index (χ4v) is 2.67. The molecule has 0 aliphatic rings. The zero-order valence-corrected chi connectivity index (χ0v) is 18.9. The Morgan fingerprint density at radius 1 is 0.844 bits per heavy atom. The fourth-order valence-electron chi connectivity index (χ4n) is 2.25. The predicted molar refractivity (Wildman–Crippen MR) is 121 cm³/mol. The summed E-state index contributed by atoms with van der Waals surface area (Å²) in [5, 5.41) is 25.0. The van der Waals surface area contributed by atoms with Crippen LogP contribution in [0.3, 0.4) is 0 Å². The molecule has 0 aromatic rings. The lowest BCUT2D eigenvalue weighted by molar-refractivity contribution is -0.143. The van der Waals surface area contributed by atoms with Crippen LogP contribution in [0.5, 0.6) is 0 Å². The Morgan fingerprint density at radius 3 is 1.84 bits per heavy atom. The summed E-state index contributed by atoms with van der Waals surface area (Å²) in [7, 11) is 0. The lowest BCUT2D eigenvalue weighted by Crippen LogP contribution is -2.58. The maximum absolute atomic E-state index is 12.5. The third kappa shape index (κ3) is 11.6. The van der Waals surface area contributed by atoms with Crippen molar-refractivity contribution in [3.8, 4) is 0 Å². The van der Waals surface area contributed by atoms with Crippen LogP contribution in [0.4, 0.5) is 0 Å². The molecule has 0 saturated carbocycles. The second kappa shape index (κ2) is 15.1. The molecular formula is C16H29N7O7S2. The quantitative estimate of drug-likeness (QED) is 0.0459. The van der Waals surface area contributed by atoms with Crippen molar-refractivity contribution in [3.05, 3.63) is 0 Å². The molecule has 16 heteroatoms. The number of rotatable bonds is 15. The van der Waals surface area contributed by atoms with Gasteiger partial charge in [-0.05, 0) is 12.8 Å². The summed E-state index contributed by atoms with van der Waals surface area (Å²) < 4.78 is 0. The van der Waals surface area contributed by atoms with Crippen LogP contribution in [-0.4, -0.2) is 88.1 Å². The molecule has 0 radical (unpaired) electrons. The van der Waals surface area contributed by atoms with Crippen LogP contribution in [-0.2, 0) is 24.0 Å². The number of hydrogen-bond acceptors (Lipinski definition) is 9. The van der Waals surface area contributed by atoms with Gasteiger partial charge in [0.15, 0.2) is 5.96 Å². The zero-order chi connectivity index (χ0) is 24.8. The van der Waals surface area contributed by atoms with Gasteiger partial charge in [-0.25, -0.2) is 4.79 Å². The number of guanidine groups is 1. The summed E-state index contributed by atoms with van der Waals surface area (Å²) in [6.07, 6.45) is -0.518. The number of thiol groups is 2. The molecule has 0 aromatic carbocycles. The summed E-state index contributed by atoms with van der Waals surface area (Å²) in [6, 6.07) is -5.21. The maximum atomic E-state index is 12.5. The van der Waals surface area contributed by atoms with Gasteiger partial charge in [0.25, 0.3) is 0 Å². The van der Waals surface area contributed by atoms with Crippen molar-refractivity contribution in [1.82, 2.24) is 16.0 Å². The van der Waals surface area contributed by atoms with Crippen LogP contribution in [0.1, 0.15) is 19.3 Å². The molecule has 32 heavy (non-hydrogen) atoms. The van der Waals surface area contributed by atoms with Gasteiger partial charge in [-0.3, -0.25) is 24.2 Å². The lowest BCUT2D eigenvalue weighted by atomic mass is 10.1. The van der Waals surface area contributed by atoms with E-state index in [1.54, 1.807) is 0 Å². The number of aliphatic imine (C=N–C) groups is 1. The standard InChI is InChI=1S/C16H29N7O7S2/c17-7(5-31)12(26)22-9(4-11(24)25)13(27)23-10(6-32)14(28)21-8(15(29)30)2-1-3-20-16(18)19/h7-10,31-32H,1-6,17H2,(H,21,28)(H,22,26)(H,23,27)(H,24,25)(H,29,30)(H4,18,19,20). The molecule has 0 rings (SSSR count). The van der Waals surface area contributed by atoms with Crippen LogP contribution >= 0.6 is 25.3 Å². The molecule has 4 unspecified atom stereocenters. The minimum absolute atomic E-state index is 0.00437. The Hall–Kier alpha value is -2.72. The topological polar surface area (TPSA) is 252 Å². The molecule has 0 spiro atoms. The van der Waals surface area contributed by atoms with Crippen LogP contribution in [0.25, 0.3) is 0 Å². The molecule has 0 saturated heterocycles. The number of nitrogens with zero attached hydrogens (tertiary/aromatic N) is 1. The number of aliphatic carboxylic acids is 2. The number of carboxylic acids is 2. The van der Waals surface area contributed by atoms with Crippen LogP contribution < -0.4 is 33.2 Å². The van der Waals surface area contributed by atoms with Gasteiger partial charge in [-0.2, -0.15) is 25.3 Å². The Balaban J connectivity index is 5.15. The molecule has 11 N–H and O–H groups in total. The second-order valence-electron chi connectivity index (χ2n) is 6.54. The fraction of sp³-hybridized carbons (Fsp3) is 0.625. The van der Waals surface area contributed by atoms with Crippen molar-refractivity contribution in [2.24, 2.45) is 22.2 Å². The minimum atomic E-state index is -1.53. The Labute approximate surface area is 194 Å². The van der Waals surface area contributed by atoms with Gasteiger partial charge in [-0.15, -0.1) is 0 Å². The highest BCUT2D eigenvalue weighted by molar-refractivity contribution is 7.80. The van der Waals surface area contributed by atoms with Gasteiger partial charge < -0.3 is 43.4 Å². The average Bonchev–Trinajstić information content (AvgIpc) is 2.71. The van der Waals surface area contributed by atoms with Gasteiger partial charge in [-0.1, -0.05) is 0 Å². The molecule has 182 valence electrons. The van der Waals surface area contributed by atoms with E-state index in [0.29, 0.717) is 0 Å². The summed E-state index contributed by atoms with van der Waals surface area (Å²) in [5.41, 5.74) is 15.9. The van der Waals surface area contributed by atoms with Gasteiger partial charge in [0.1, 0.15) is 18.1 Å². The first kappa shape index (κ1) is 29.3. The molecule has 0 heterocycles. The third-order valence-electron chi connectivity index (χ3n) is 3.92. The van der Waals surface area contributed by atoms with E-state index < -0.39 is 60.2 Å². The number of hydrogen-bond donors (Lipinski definition) is 10. The van der Waals surface area contributed by atoms with Crippen molar-refractivity contribution in [2.45, 2.75) is 43.4 Å². The highest BCUT2D eigenvalue weighted by atomic mass is 32.1. The largest absolute Gasteiger partial charge is 0.481 e. The average molecular weight is 496 g/mol. The summed E-state index contributed by atoms with van der Waals surface area (Å²) in [4.78, 5) is 63.0. The summed E-state index contributed by atoms with van der Waals surface area (Å²) >= 11 is 7.82. The van der Waals surface area contributed by atoms with Crippen molar-refractivity contribution >= 4 is 60.9 Å². The first-order valence-electron chi connectivity index (χ1n) is 9.31. The van der Waals surface area contributed by atoms with Crippen molar-refractivity contribution in [3.63, 3.8) is 0 Å². The first-order valence-corrected chi connectivity index (χ1v) is 10.6. The van der Waals surface area contributed by atoms with E-state index in [-0.39, 0.29) is 36.9 Å². The van der Waals surface area contributed by atoms with E-state index >= 15 is 0 Å². The SMILES string of the molecule is NC(N)=NCCCC(NC(=O)C(CS)NC(=O)C(CC(=O)O)NC(=O)C(N)CS)C(=O)O. The number of carbonyl (C=O) groups is 5. The number of carboxylic acid groups (broad SMARTS) is 2. The molecular weight excluding hydrogens is 466 g/mol. The molecule has 0 bridgehead atoms. The molecule has 3 amide bonds. The number of nitrogens with two attached hydrogens (primary N) is 3. The Morgan fingerprint density at radius 2 is 1.38 bits per heavy atom. The highest BCUT2D eigenvalue weighted by Gasteiger charge is 2.30. The molecule has 4 atom stereocenters. The first-order chi connectivity index (χ1) is 14.9. The van der Waals surface area contributed by atoms with Gasteiger partial charge in [0, 0.05) is 18.1 Å². The minimum Gasteiger partial charge on any atom is -0.481 e. The molecule has 0 aliphatic heterocycles. The van der Waals surface area contributed by atoms with Crippen LogP contribution in [0, 0.1) is 0 Å². The lowest BCUT2D eigenvalue weighted by Gasteiger charge is -2.23.